The molecular formula is C22H22N4O3S. The van der Waals surface area contributed by atoms with Crippen LogP contribution in [0.1, 0.15) is 21.5 Å². The largest absolute Gasteiger partial charge is 0.465 e. The zero-order valence-electron chi connectivity index (χ0n) is 16.4. The SMILES string of the molecule is COC(=O)c1ccccc1CNSc1ccc(NC(=O)NCc2ccncc2)cc1. The Morgan fingerprint density at radius 3 is 2.43 bits per heavy atom. The lowest BCUT2D eigenvalue weighted by molar-refractivity contribution is 0.0599. The van der Waals surface area contributed by atoms with Gasteiger partial charge in [-0.05, 0) is 65.5 Å². The van der Waals surface area contributed by atoms with Gasteiger partial charge in [0.05, 0.1) is 12.7 Å². The maximum absolute atomic E-state index is 12.0. The molecule has 0 saturated heterocycles. The molecule has 1 heterocycles. The van der Waals surface area contributed by atoms with Crippen LogP contribution in [0.25, 0.3) is 0 Å². The van der Waals surface area contributed by atoms with E-state index in [0.29, 0.717) is 24.3 Å². The van der Waals surface area contributed by atoms with Crippen molar-refractivity contribution >= 4 is 29.6 Å². The Morgan fingerprint density at radius 2 is 1.70 bits per heavy atom. The highest BCUT2D eigenvalue weighted by atomic mass is 32.2. The molecule has 0 atom stereocenters. The first kappa shape index (κ1) is 21.4. The van der Waals surface area contributed by atoms with E-state index in [9.17, 15) is 9.59 Å². The van der Waals surface area contributed by atoms with Crippen LogP contribution in [0.3, 0.4) is 0 Å². The predicted octanol–water partition coefficient (Wildman–Crippen LogP) is 3.99. The van der Waals surface area contributed by atoms with E-state index in [4.69, 9.17) is 4.74 Å². The summed E-state index contributed by atoms with van der Waals surface area (Å²) >= 11 is 1.44. The molecule has 3 aromatic rings. The summed E-state index contributed by atoms with van der Waals surface area (Å²) in [4.78, 5) is 28.8. The van der Waals surface area contributed by atoms with Gasteiger partial charge in [-0.2, -0.15) is 0 Å². The second-order valence-electron chi connectivity index (χ2n) is 6.26. The Morgan fingerprint density at radius 1 is 0.967 bits per heavy atom. The summed E-state index contributed by atoms with van der Waals surface area (Å²) in [6, 6.07) is 18.2. The standard InChI is InChI=1S/C22H22N4O3S/c1-29-21(27)20-5-3-2-4-17(20)15-25-30-19-8-6-18(7-9-19)26-22(28)24-14-16-10-12-23-13-11-16/h2-13,25H,14-15H2,1H3,(H2,24,26,28). The number of nitrogens with one attached hydrogen (secondary N) is 3. The van der Waals surface area contributed by atoms with Crippen molar-refractivity contribution < 1.29 is 14.3 Å². The molecule has 30 heavy (non-hydrogen) atoms. The van der Waals surface area contributed by atoms with Crippen molar-refractivity contribution in [3.05, 3.63) is 89.7 Å². The van der Waals surface area contributed by atoms with Crippen LogP contribution in [0.5, 0.6) is 0 Å². The van der Waals surface area contributed by atoms with Crippen molar-refractivity contribution in [2.75, 3.05) is 12.4 Å². The topological polar surface area (TPSA) is 92.4 Å². The van der Waals surface area contributed by atoms with Crippen LogP contribution in [0, 0.1) is 0 Å². The monoisotopic (exact) mass is 422 g/mol. The minimum absolute atomic E-state index is 0.273. The molecular weight excluding hydrogens is 400 g/mol. The molecule has 3 rings (SSSR count). The Balaban J connectivity index is 1.46. The smallest absolute Gasteiger partial charge is 0.338 e. The second kappa shape index (κ2) is 11.0. The van der Waals surface area contributed by atoms with Gasteiger partial charge in [0.2, 0.25) is 0 Å². The van der Waals surface area contributed by atoms with Crippen LogP contribution in [-0.2, 0) is 17.8 Å². The molecule has 0 saturated carbocycles. The molecule has 0 unspecified atom stereocenters. The lowest BCUT2D eigenvalue weighted by Crippen LogP contribution is -2.28. The van der Waals surface area contributed by atoms with Gasteiger partial charge in [-0.15, -0.1) is 0 Å². The van der Waals surface area contributed by atoms with E-state index >= 15 is 0 Å². The van der Waals surface area contributed by atoms with Gasteiger partial charge in [0, 0.05) is 36.1 Å². The van der Waals surface area contributed by atoms with Gasteiger partial charge in [-0.1, -0.05) is 18.2 Å². The van der Waals surface area contributed by atoms with Crippen LogP contribution in [0.4, 0.5) is 10.5 Å². The fourth-order valence-corrected chi connectivity index (χ4v) is 3.31. The summed E-state index contributed by atoms with van der Waals surface area (Å²) in [7, 11) is 1.37. The number of ether oxygens (including phenoxy) is 1. The van der Waals surface area contributed by atoms with E-state index in [0.717, 1.165) is 16.0 Å². The van der Waals surface area contributed by atoms with E-state index in [2.05, 4.69) is 20.3 Å². The van der Waals surface area contributed by atoms with Gasteiger partial charge in [0.15, 0.2) is 0 Å². The van der Waals surface area contributed by atoms with E-state index in [-0.39, 0.29) is 12.0 Å². The zero-order chi connectivity index (χ0) is 21.2. The molecule has 7 nitrogen and oxygen atoms in total. The molecule has 8 heteroatoms. The van der Waals surface area contributed by atoms with Crippen LogP contribution in [-0.4, -0.2) is 24.1 Å². The average Bonchev–Trinajstić information content (AvgIpc) is 2.79. The van der Waals surface area contributed by atoms with Gasteiger partial charge >= 0.3 is 12.0 Å². The van der Waals surface area contributed by atoms with Crippen molar-refractivity contribution in [3.63, 3.8) is 0 Å². The Bertz CT molecular complexity index is 981. The maximum atomic E-state index is 12.0. The number of carbonyl (C=O) groups is 2. The molecule has 0 aliphatic rings. The van der Waals surface area contributed by atoms with Crippen LogP contribution >= 0.6 is 11.9 Å². The Kier molecular flexibility index (Phi) is 7.82. The number of carbonyl (C=O) groups excluding carboxylic acids is 2. The molecule has 0 aliphatic carbocycles. The van der Waals surface area contributed by atoms with Gasteiger partial charge in [-0.25, -0.2) is 9.59 Å². The van der Waals surface area contributed by atoms with Gasteiger partial charge < -0.3 is 15.4 Å². The van der Waals surface area contributed by atoms with Gasteiger partial charge in [-0.3, -0.25) is 9.71 Å². The Hall–Kier alpha value is -3.36. The summed E-state index contributed by atoms with van der Waals surface area (Å²) in [5, 5.41) is 5.60. The van der Waals surface area contributed by atoms with Crippen LogP contribution < -0.4 is 15.4 Å². The number of benzene rings is 2. The summed E-state index contributed by atoms with van der Waals surface area (Å²) in [5.74, 6) is -0.352. The number of esters is 1. The molecule has 2 aromatic carbocycles. The molecule has 0 spiro atoms. The predicted molar refractivity (Wildman–Crippen MR) is 117 cm³/mol. The van der Waals surface area contributed by atoms with Crippen molar-refractivity contribution in [2.24, 2.45) is 0 Å². The summed E-state index contributed by atoms with van der Waals surface area (Å²) < 4.78 is 8.05. The normalized spacial score (nSPS) is 10.3. The highest BCUT2D eigenvalue weighted by Gasteiger charge is 2.10. The van der Waals surface area contributed by atoms with Crippen molar-refractivity contribution in [1.29, 1.82) is 0 Å². The number of rotatable bonds is 8. The third-order valence-electron chi connectivity index (χ3n) is 4.19. The lowest BCUT2D eigenvalue weighted by Gasteiger charge is -2.10. The molecule has 1 aromatic heterocycles. The van der Waals surface area contributed by atoms with Crippen LogP contribution in [0.2, 0.25) is 0 Å². The number of amides is 2. The molecule has 154 valence electrons. The van der Waals surface area contributed by atoms with Gasteiger partial charge in [0.1, 0.15) is 0 Å². The number of hydrogen-bond donors (Lipinski definition) is 3. The third-order valence-corrected chi connectivity index (χ3v) is 4.99. The molecule has 3 N–H and O–H groups in total. The van der Waals surface area contributed by atoms with E-state index in [1.165, 1.54) is 19.1 Å². The number of nitrogens with zero attached hydrogens (tertiary/aromatic N) is 1. The zero-order valence-corrected chi connectivity index (χ0v) is 17.2. The number of aromatic nitrogens is 1. The Labute approximate surface area is 179 Å². The quantitative estimate of drug-likeness (QED) is 0.376. The van der Waals surface area contributed by atoms with E-state index < -0.39 is 0 Å². The number of anilines is 1. The third kappa shape index (κ3) is 6.33. The first-order valence-electron chi connectivity index (χ1n) is 9.25. The first-order chi connectivity index (χ1) is 14.7. The lowest BCUT2D eigenvalue weighted by atomic mass is 10.1. The second-order valence-corrected chi connectivity index (χ2v) is 7.22. The molecule has 0 radical (unpaired) electrons. The summed E-state index contributed by atoms with van der Waals surface area (Å²) in [6.07, 6.45) is 3.38. The molecule has 0 bridgehead atoms. The first-order valence-corrected chi connectivity index (χ1v) is 10.1. The highest BCUT2D eigenvalue weighted by molar-refractivity contribution is 7.97. The summed E-state index contributed by atoms with van der Waals surface area (Å²) in [6.45, 7) is 0.937. The number of pyridine rings is 1. The number of methoxy groups -OCH3 is 1. The van der Waals surface area contributed by atoms with Crippen molar-refractivity contribution in [2.45, 2.75) is 18.0 Å². The van der Waals surface area contributed by atoms with Gasteiger partial charge in [0.25, 0.3) is 0 Å². The van der Waals surface area contributed by atoms with Crippen molar-refractivity contribution in [3.8, 4) is 0 Å². The van der Waals surface area contributed by atoms with Crippen LogP contribution in [0.15, 0.2) is 78.0 Å². The fourth-order valence-electron chi connectivity index (χ4n) is 2.65. The highest BCUT2D eigenvalue weighted by Crippen LogP contribution is 2.19. The molecule has 0 fully saturated rings. The minimum Gasteiger partial charge on any atom is -0.465 e. The number of hydrogen-bond acceptors (Lipinski definition) is 6. The average molecular weight is 423 g/mol. The van der Waals surface area contributed by atoms with E-state index in [1.54, 1.807) is 18.5 Å². The summed E-state index contributed by atoms with van der Waals surface area (Å²) in [5.41, 5.74) is 3.08. The maximum Gasteiger partial charge on any atom is 0.338 e. The number of urea groups is 1. The van der Waals surface area contributed by atoms with E-state index in [1.807, 2.05) is 54.6 Å². The molecule has 2 amide bonds. The minimum atomic E-state index is -0.352. The molecule has 0 aliphatic heterocycles. The van der Waals surface area contributed by atoms with Crippen molar-refractivity contribution in [1.82, 2.24) is 15.0 Å². The fraction of sp³-hybridized carbons (Fsp3) is 0.136.